The molecule has 1 aliphatic rings. The van der Waals surface area contributed by atoms with Gasteiger partial charge in [-0.2, -0.15) is 0 Å². The SMILES string of the molecule is Cc1cc(C)c2cc(C(=O)NCc3cccc4c3OCCO4)[nH]c2c1. The molecule has 1 aliphatic heterocycles. The smallest absolute Gasteiger partial charge is 0.267 e. The molecule has 4 rings (SSSR count). The third kappa shape index (κ3) is 2.93. The predicted octanol–water partition coefficient (Wildman–Crippen LogP) is 3.49. The van der Waals surface area contributed by atoms with Crippen LogP contribution < -0.4 is 14.8 Å². The van der Waals surface area contributed by atoms with Gasteiger partial charge in [0.1, 0.15) is 18.9 Å². The quantitative estimate of drug-likeness (QED) is 0.769. The van der Waals surface area contributed by atoms with Gasteiger partial charge in [0.05, 0.1) is 0 Å². The van der Waals surface area contributed by atoms with Gasteiger partial charge in [0.15, 0.2) is 11.5 Å². The lowest BCUT2D eigenvalue weighted by Crippen LogP contribution is -2.24. The van der Waals surface area contributed by atoms with Crippen LogP contribution in [0, 0.1) is 13.8 Å². The van der Waals surface area contributed by atoms with Crippen molar-refractivity contribution in [3.63, 3.8) is 0 Å². The normalized spacial score (nSPS) is 13.0. The number of aryl methyl sites for hydroxylation is 2. The number of amides is 1. The number of carbonyl (C=O) groups excluding carboxylic acids is 1. The number of nitrogens with one attached hydrogen (secondary N) is 2. The van der Waals surface area contributed by atoms with Crippen molar-refractivity contribution in [3.05, 3.63) is 58.8 Å². The van der Waals surface area contributed by atoms with Gasteiger partial charge in [0, 0.05) is 23.0 Å². The summed E-state index contributed by atoms with van der Waals surface area (Å²) in [5, 5.41) is 4.03. The number of para-hydroxylation sites is 1. The number of rotatable bonds is 3. The highest BCUT2D eigenvalue weighted by Gasteiger charge is 2.17. The summed E-state index contributed by atoms with van der Waals surface area (Å²) in [6.07, 6.45) is 0. The topological polar surface area (TPSA) is 63.4 Å². The molecule has 2 heterocycles. The molecule has 5 heteroatoms. The summed E-state index contributed by atoms with van der Waals surface area (Å²) in [7, 11) is 0. The molecular weight excluding hydrogens is 316 g/mol. The number of ether oxygens (including phenoxy) is 2. The van der Waals surface area contributed by atoms with Gasteiger partial charge in [0.2, 0.25) is 0 Å². The Balaban J connectivity index is 1.54. The molecule has 0 atom stereocenters. The van der Waals surface area contributed by atoms with E-state index in [0.29, 0.717) is 25.5 Å². The molecule has 5 nitrogen and oxygen atoms in total. The molecule has 2 N–H and O–H groups in total. The third-order valence-electron chi connectivity index (χ3n) is 4.42. The van der Waals surface area contributed by atoms with E-state index in [1.54, 1.807) is 0 Å². The molecule has 0 unspecified atom stereocenters. The molecule has 0 fully saturated rings. The second-order valence-electron chi connectivity index (χ2n) is 6.35. The van der Waals surface area contributed by atoms with Crippen LogP contribution in [0.2, 0.25) is 0 Å². The summed E-state index contributed by atoms with van der Waals surface area (Å²) < 4.78 is 11.3. The fourth-order valence-electron chi connectivity index (χ4n) is 3.27. The van der Waals surface area contributed by atoms with Crippen LogP contribution in [-0.4, -0.2) is 24.1 Å². The van der Waals surface area contributed by atoms with E-state index in [-0.39, 0.29) is 5.91 Å². The molecule has 0 saturated heterocycles. The van der Waals surface area contributed by atoms with Crippen molar-refractivity contribution in [3.8, 4) is 11.5 Å². The van der Waals surface area contributed by atoms with Crippen LogP contribution in [0.4, 0.5) is 0 Å². The Kier molecular flexibility index (Phi) is 3.84. The lowest BCUT2D eigenvalue weighted by molar-refractivity contribution is 0.0945. The third-order valence-corrected chi connectivity index (χ3v) is 4.42. The first-order valence-corrected chi connectivity index (χ1v) is 8.37. The minimum Gasteiger partial charge on any atom is -0.486 e. The van der Waals surface area contributed by atoms with Gasteiger partial charge in [0.25, 0.3) is 5.91 Å². The summed E-state index contributed by atoms with van der Waals surface area (Å²) in [6.45, 7) is 5.57. The van der Waals surface area contributed by atoms with Crippen LogP contribution in [-0.2, 0) is 6.54 Å². The minimum absolute atomic E-state index is 0.136. The largest absolute Gasteiger partial charge is 0.486 e. The number of hydrogen-bond acceptors (Lipinski definition) is 3. The van der Waals surface area contributed by atoms with Crippen molar-refractivity contribution in [1.29, 1.82) is 0 Å². The van der Waals surface area contributed by atoms with Crippen LogP contribution >= 0.6 is 0 Å². The van der Waals surface area contributed by atoms with Crippen LogP contribution in [0.5, 0.6) is 11.5 Å². The van der Waals surface area contributed by atoms with Crippen LogP contribution in [0.3, 0.4) is 0 Å². The summed E-state index contributed by atoms with van der Waals surface area (Å²) >= 11 is 0. The minimum atomic E-state index is -0.136. The summed E-state index contributed by atoms with van der Waals surface area (Å²) in [5.74, 6) is 1.31. The van der Waals surface area contributed by atoms with E-state index in [4.69, 9.17) is 9.47 Å². The van der Waals surface area contributed by atoms with Crippen molar-refractivity contribution in [1.82, 2.24) is 10.3 Å². The van der Waals surface area contributed by atoms with Crippen molar-refractivity contribution in [2.75, 3.05) is 13.2 Å². The number of aromatic nitrogens is 1. The second-order valence-corrected chi connectivity index (χ2v) is 6.35. The Morgan fingerprint density at radius 1 is 1.16 bits per heavy atom. The molecular formula is C20H20N2O3. The highest BCUT2D eigenvalue weighted by atomic mass is 16.6. The number of H-pyrrole nitrogens is 1. The highest BCUT2D eigenvalue weighted by molar-refractivity contribution is 5.99. The predicted molar refractivity (Wildman–Crippen MR) is 96.4 cm³/mol. The van der Waals surface area contributed by atoms with E-state index in [1.165, 1.54) is 5.56 Å². The van der Waals surface area contributed by atoms with Crippen molar-refractivity contribution < 1.29 is 14.3 Å². The Morgan fingerprint density at radius 2 is 2.00 bits per heavy atom. The Labute approximate surface area is 146 Å². The molecule has 0 radical (unpaired) electrons. The van der Waals surface area contributed by atoms with E-state index in [2.05, 4.69) is 29.4 Å². The van der Waals surface area contributed by atoms with Gasteiger partial charge < -0.3 is 19.8 Å². The molecule has 0 aliphatic carbocycles. The fraction of sp³-hybridized carbons (Fsp3) is 0.250. The Bertz CT molecular complexity index is 959. The maximum atomic E-state index is 12.5. The number of benzene rings is 2. The average Bonchev–Trinajstić information content (AvgIpc) is 3.04. The Morgan fingerprint density at radius 3 is 2.88 bits per heavy atom. The fourth-order valence-corrected chi connectivity index (χ4v) is 3.27. The zero-order valence-electron chi connectivity index (χ0n) is 14.3. The number of fused-ring (bicyclic) bond motifs is 2. The van der Waals surface area contributed by atoms with Crippen LogP contribution in [0.1, 0.15) is 27.2 Å². The van der Waals surface area contributed by atoms with Crippen LogP contribution in [0.25, 0.3) is 10.9 Å². The maximum absolute atomic E-state index is 12.5. The average molecular weight is 336 g/mol. The number of hydrogen-bond donors (Lipinski definition) is 2. The van der Waals surface area contributed by atoms with Crippen molar-refractivity contribution >= 4 is 16.8 Å². The lowest BCUT2D eigenvalue weighted by Gasteiger charge is -2.21. The lowest BCUT2D eigenvalue weighted by atomic mass is 10.1. The monoisotopic (exact) mass is 336 g/mol. The molecule has 25 heavy (non-hydrogen) atoms. The van der Waals surface area contributed by atoms with Gasteiger partial charge in [-0.3, -0.25) is 4.79 Å². The first kappa shape index (κ1) is 15.6. The van der Waals surface area contributed by atoms with Crippen LogP contribution in [0.15, 0.2) is 36.4 Å². The molecule has 2 aromatic carbocycles. The summed E-state index contributed by atoms with van der Waals surface area (Å²) in [6, 6.07) is 11.8. The van der Waals surface area contributed by atoms with Gasteiger partial charge in [-0.05, 0) is 43.2 Å². The first-order valence-electron chi connectivity index (χ1n) is 8.37. The zero-order chi connectivity index (χ0) is 17.4. The molecule has 3 aromatic rings. The first-order chi connectivity index (χ1) is 12.1. The van der Waals surface area contributed by atoms with Gasteiger partial charge in [-0.25, -0.2) is 0 Å². The molecule has 0 saturated carbocycles. The standard InChI is InChI=1S/C20H20N2O3/c1-12-8-13(2)15-10-17(22-16(15)9-12)20(23)21-11-14-4-3-5-18-19(14)25-7-6-24-18/h3-5,8-10,22H,6-7,11H2,1-2H3,(H,21,23). The number of carbonyl (C=O) groups is 1. The van der Waals surface area contributed by atoms with Gasteiger partial charge in [-0.15, -0.1) is 0 Å². The van der Waals surface area contributed by atoms with E-state index in [9.17, 15) is 4.79 Å². The Hall–Kier alpha value is -2.95. The van der Waals surface area contributed by atoms with E-state index in [0.717, 1.165) is 33.5 Å². The highest BCUT2D eigenvalue weighted by Crippen LogP contribution is 2.33. The van der Waals surface area contributed by atoms with Gasteiger partial charge >= 0.3 is 0 Å². The van der Waals surface area contributed by atoms with E-state index < -0.39 is 0 Å². The summed E-state index contributed by atoms with van der Waals surface area (Å²) in [4.78, 5) is 15.7. The zero-order valence-corrected chi connectivity index (χ0v) is 14.3. The molecule has 0 bridgehead atoms. The molecule has 1 aromatic heterocycles. The molecule has 128 valence electrons. The summed E-state index contributed by atoms with van der Waals surface area (Å²) in [5.41, 5.74) is 4.79. The van der Waals surface area contributed by atoms with E-state index >= 15 is 0 Å². The van der Waals surface area contributed by atoms with Crippen molar-refractivity contribution in [2.45, 2.75) is 20.4 Å². The second kappa shape index (κ2) is 6.16. The van der Waals surface area contributed by atoms with Gasteiger partial charge in [-0.1, -0.05) is 18.2 Å². The van der Waals surface area contributed by atoms with Crippen molar-refractivity contribution in [2.24, 2.45) is 0 Å². The number of aromatic amines is 1. The molecule has 0 spiro atoms. The molecule has 1 amide bonds. The van der Waals surface area contributed by atoms with E-state index in [1.807, 2.05) is 31.2 Å². The maximum Gasteiger partial charge on any atom is 0.267 e.